The van der Waals surface area contributed by atoms with E-state index in [9.17, 15) is 9.59 Å². The summed E-state index contributed by atoms with van der Waals surface area (Å²) in [7, 11) is 2.92. The number of carbonyl (C=O) groups excluding carboxylic acids is 2. The molecule has 0 aliphatic heterocycles. The van der Waals surface area contributed by atoms with Gasteiger partial charge in [0, 0.05) is 5.56 Å². The molecule has 0 aliphatic carbocycles. The third-order valence-corrected chi connectivity index (χ3v) is 3.61. The highest BCUT2D eigenvalue weighted by Gasteiger charge is 2.23. The van der Waals surface area contributed by atoms with Crippen LogP contribution in [0.2, 0.25) is 0 Å². The second-order valence-electron chi connectivity index (χ2n) is 5.32. The smallest absolute Gasteiger partial charge is 0.342 e. The molecule has 0 N–H and O–H groups in total. The molecule has 0 saturated carbocycles. The van der Waals surface area contributed by atoms with Gasteiger partial charge in [-0.2, -0.15) is 0 Å². The maximum atomic E-state index is 12.4. The van der Waals surface area contributed by atoms with Crippen molar-refractivity contribution in [1.82, 2.24) is 0 Å². The summed E-state index contributed by atoms with van der Waals surface area (Å²) in [6.45, 7) is 3.49. The van der Waals surface area contributed by atoms with Gasteiger partial charge in [-0.05, 0) is 26.0 Å². The highest BCUT2D eigenvalue weighted by atomic mass is 16.6. The Bertz CT molecular complexity index is 734. The maximum Gasteiger partial charge on any atom is 0.342 e. The fourth-order valence-corrected chi connectivity index (χ4v) is 2.28. The van der Waals surface area contributed by atoms with E-state index in [0.717, 1.165) is 5.56 Å². The van der Waals surface area contributed by atoms with Crippen LogP contribution in [-0.4, -0.2) is 32.1 Å². The molecule has 2 rings (SSSR count). The lowest BCUT2D eigenvalue weighted by Crippen LogP contribution is -2.24. The van der Waals surface area contributed by atoms with Crippen molar-refractivity contribution in [2.75, 3.05) is 14.2 Å². The molecule has 0 bridgehead atoms. The normalized spacial score (nSPS) is 11.5. The van der Waals surface area contributed by atoms with Gasteiger partial charge in [0.2, 0.25) is 5.78 Å². The Morgan fingerprint density at radius 1 is 0.958 bits per heavy atom. The number of esters is 1. The predicted octanol–water partition coefficient (Wildman–Crippen LogP) is 3.44. The average Bonchev–Trinajstić information content (AvgIpc) is 2.60. The van der Waals surface area contributed by atoms with Gasteiger partial charge < -0.3 is 14.2 Å². The van der Waals surface area contributed by atoms with E-state index in [0.29, 0.717) is 11.3 Å². The number of methoxy groups -OCH3 is 2. The molecule has 2 aromatic carbocycles. The van der Waals surface area contributed by atoms with Gasteiger partial charge in [0.05, 0.1) is 14.2 Å². The first kappa shape index (κ1) is 17.5. The van der Waals surface area contributed by atoms with Crippen LogP contribution in [-0.2, 0) is 4.74 Å². The van der Waals surface area contributed by atoms with Crippen molar-refractivity contribution < 1.29 is 23.8 Å². The van der Waals surface area contributed by atoms with Gasteiger partial charge in [-0.1, -0.05) is 35.9 Å². The third kappa shape index (κ3) is 3.74. The zero-order chi connectivity index (χ0) is 17.7. The van der Waals surface area contributed by atoms with E-state index in [4.69, 9.17) is 14.2 Å². The van der Waals surface area contributed by atoms with E-state index in [1.807, 2.05) is 19.1 Å². The van der Waals surface area contributed by atoms with Crippen molar-refractivity contribution in [1.29, 1.82) is 0 Å². The zero-order valence-corrected chi connectivity index (χ0v) is 14.2. The van der Waals surface area contributed by atoms with Crippen LogP contribution in [0, 0.1) is 6.92 Å². The number of carbonyl (C=O) groups is 2. The molecule has 24 heavy (non-hydrogen) atoms. The van der Waals surface area contributed by atoms with Crippen molar-refractivity contribution in [3.63, 3.8) is 0 Å². The molecule has 0 aromatic heterocycles. The minimum atomic E-state index is -0.906. The molecule has 0 radical (unpaired) electrons. The summed E-state index contributed by atoms with van der Waals surface area (Å²) in [5.74, 6) is -0.201. The number of benzene rings is 2. The number of hydrogen-bond acceptors (Lipinski definition) is 5. The van der Waals surface area contributed by atoms with E-state index in [2.05, 4.69) is 0 Å². The minimum absolute atomic E-state index is 0.209. The fraction of sp³-hybridized carbons (Fsp3) is 0.263. The molecule has 0 fully saturated rings. The molecule has 0 heterocycles. The first-order chi connectivity index (χ1) is 11.5. The van der Waals surface area contributed by atoms with E-state index >= 15 is 0 Å². The highest BCUT2D eigenvalue weighted by molar-refractivity contribution is 6.02. The molecule has 5 heteroatoms. The molecule has 126 valence electrons. The Morgan fingerprint density at radius 3 is 2.21 bits per heavy atom. The maximum absolute atomic E-state index is 12.4. The monoisotopic (exact) mass is 328 g/mol. The summed E-state index contributed by atoms with van der Waals surface area (Å²) >= 11 is 0. The van der Waals surface area contributed by atoms with Gasteiger partial charge in [-0.3, -0.25) is 4.79 Å². The first-order valence-electron chi connectivity index (χ1n) is 7.50. The van der Waals surface area contributed by atoms with Crippen LogP contribution in [0.15, 0.2) is 42.5 Å². The summed E-state index contributed by atoms with van der Waals surface area (Å²) in [5, 5.41) is 0. The van der Waals surface area contributed by atoms with Crippen LogP contribution < -0.4 is 9.47 Å². The Balaban J connectivity index is 2.17. The van der Waals surface area contributed by atoms with Gasteiger partial charge in [-0.15, -0.1) is 0 Å². The van der Waals surface area contributed by atoms with Gasteiger partial charge in [0.15, 0.2) is 17.6 Å². The number of Topliss-reactive ketones (excluding diaryl/α,β-unsaturated/α-hetero) is 1. The van der Waals surface area contributed by atoms with Crippen LogP contribution in [0.5, 0.6) is 11.5 Å². The molecular formula is C19H20O5. The topological polar surface area (TPSA) is 61.8 Å². The summed E-state index contributed by atoms with van der Waals surface area (Å²) < 4.78 is 15.7. The molecule has 2 aromatic rings. The van der Waals surface area contributed by atoms with Crippen molar-refractivity contribution in [3.8, 4) is 11.5 Å². The van der Waals surface area contributed by atoms with Crippen LogP contribution in [0.25, 0.3) is 0 Å². The van der Waals surface area contributed by atoms with Crippen LogP contribution in [0.4, 0.5) is 0 Å². The van der Waals surface area contributed by atoms with E-state index in [-0.39, 0.29) is 17.1 Å². The summed E-state index contributed by atoms with van der Waals surface area (Å²) in [5.41, 5.74) is 1.76. The molecule has 0 saturated heterocycles. The molecule has 1 unspecified atom stereocenters. The predicted molar refractivity (Wildman–Crippen MR) is 89.9 cm³/mol. The van der Waals surface area contributed by atoms with Crippen molar-refractivity contribution in [2.24, 2.45) is 0 Å². The summed E-state index contributed by atoms with van der Waals surface area (Å²) in [6.07, 6.45) is -0.906. The molecule has 1 atom stereocenters. The molecule has 0 aliphatic rings. The highest BCUT2D eigenvalue weighted by Crippen LogP contribution is 2.31. The minimum Gasteiger partial charge on any atom is -0.493 e. The number of para-hydroxylation sites is 1. The zero-order valence-electron chi connectivity index (χ0n) is 14.2. The first-order valence-corrected chi connectivity index (χ1v) is 7.50. The lowest BCUT2D eigenvalue weighted by atomic mass is 10.1. The molecular weight excluding hydrogens is 308 g/mol. The second kappa shape index (κ2) is 7.64. The van der Waals surface area contributed by atoms with Crippen molar-refractivity contribution >= 4 is 11.8 Å². The molecule has 0 spiro atoms. The van der Waals surface area contributed by atoms with Gasteiger partial charge in [0.25, 0.3) is 0 Å². The largest absolute Gasteiger partial charge is 0.493 e. The van der Waals surface area contributed by atoms with Crippen molar-refractivity contribution in [2.45, 2.75) is 20.0 Å². The number of rotatable bonds is 6. The van der Waals surface area contributed by atoms with Gasteiger partial charge in [0.1, 0.15) is 5.56 Å². The van der Waals surface area contributed by atoms with E-state index in [1.54, 1.807) is 37.3 Å². The van der Waals surface area contributed by atoms with Gasteiger partial charge in [-0.25, -0.2) is 4.79 Å². The standard InChI is InChI=1S/C19H20O5/c1-12-8-10-14(11-9-12)17(20)13(2)24-19(21)15-6-5-7-16(22-3)18(15)23-4/h5-11,13H,1-4H3. The van der Waals surface area contributed by atoms with Crippen LogP contribution in [0.1, 0.15) is 33.2 Å². The Kier molecular flexibility index (Phi) is 5.58. The Labute approximate surface area is 141 Å². The number of hydrogen-bond donors (Lipinski definition) is 0. The Hall–Kier alpha value is -2.82. The van der Waals surface area contributed by atoms with E-state index < -0.39 is 12.1 Å². The Morgan fingerprint density at radius 2 is 1.62 bits per heavy atom. The van der Waals surface area contributed by atoms with E-state index in [1.165, 1.54) is 14.2 Å². The number of ether oxygens (including phenoxy) is 3. The summed E-state index contributed by atoms with van der Waals surface area (Å²) in [4.78, 5) is 24.8. The number of ketones is 1. The lowest BCUT2D eigenvalue weighted by Gasteiger charge is -2.15. The molecule has 0 amide bonds. The quantitative estimate of drug-likeness (QED) is 0.600. The lowest BCUT2D eigenvalue weighted by molar-refractivity contribution is 0.0315. The summed E-state index contributed by atoms with van der Waals surface area (Å²) in [6, 6.07) is 12.0. The average molecular weight is 328 g/mol. The third-order valence-electron chi connectivity index (χ3n) is 3.61. The van der Waals surface area contributed by atoms with Crippen molar-refractivity contribution in [3.05, 3.63) is 59.2 Å². The van der Waals surface area contributed by atoms with Crippen LogP contribution >= 0.6 is 0 Å². The van der Waals surface area contributed by atoms with Gasteiger partial charge >= 0.3 is 5.97 Å². The second-order valence-corrected chi connectivity index (χ2v) is 5.32. The van der Waals surface area contributed by atoms with Crippen LogP contribution in [0.3, 0.4) is 0 Å². The number of aryl methyl sites for hydroxylation is 1. The molecule has 5 nitrogen and oxygen atoms in total. The fourth-order valence-electron chi connectivity index (χ4n) is 2.28. The SMILES string of the molecule is COc1cccc(C(=O)OC(C)C(=O)c2ccc(C)cc2)c1OC.